The number of fused-ring (bicyclic) bond motifs is 2. The Hall–Kier alpha value is -1.85. The van der Waals surface area contributed by atoms with Crippen molar-refractivity contribution in [2.24, 2.45) is 11.8 Å². The smallest absolute Gasteiger partial charge is 0.317 e. The van der Waals surface area contributed by atoms with Crippen molar-refractivity contribution in [1.29, 1.82) is 0 Å². The lowest BCUT2D eigenvalue weighted by atomic mass is 10.0. The van der Waals surface area contributed by atoms with E-state index in [1.54, 1.807) is 0 Å². The van der Waals surface area contributed by atoms with E-state index in [0.717, 1.165) is 44.8 Å². The van der Waals surface area contributed by atoms with Crippen LogP contribution in [0, 0.1) is 18.8 Å². The Morgan fingerprint density at radius 1 is 1.08 bits per heavy atom. The minimum absolute atomic E-state index is 0.0761. The Kier molecular flexibility index (Phi) is 3.89. The molecule has 2 aliphatic heterocycles. The fourth-order valence-electron chi connectivity index (χ4n) is 4.53. The number of rotatable bonds is 1. The monoisotopic (exact) mass is 343 g/mol. The van der Waals surface area contributed by atoms with Gasteiger partial charge in [-0.3, -0.25) is 0 Å². The van der Waals surface area contributed by atoms with E-state index < -0.39 is 0 Å². The first-order valence-electron chi connectivity index (χ1n) is 9.48. The van der Waals surface area contributed by atoms with Crippen molar-refractivity contribution in [3.8, 4) is 0 Å². The summed E-state index contributed by atoms with van der Waals surface area (Å²) in [6, 6.07) is 0.0761. The van der Waals surface area contributed by atoms with Gasteiger partial charge in [-0.05, 0) is 47.0 Å². The second kappa shape index (κ2) is 5.85. The molecule has 1 aromatic heterocycles. The van der Waals surface area contributed by atoms with Gasteiger partial charge >= 0.3 is 6.03 Å². The van der Waals surface area contributed by atoms with Gasteiger partial charge in [-0.15, -0.1) is 0 Å². The van der Waals surface area contributed by atoms with Gasteiger partial charge in [0.1, 0.15) is 11.6 Å². The minimum atomic E-state index is -0.181. The molecule has 2 atom stereocenters. The van der Waals surface area contributed by atoms with Crippen LogP contribution in [0.1, 0.15) is 44.3 Å². The molecule has 0 bridgehead atoms. The number of anilines is 1. The summed E-state index contributed by atoms with van der Waals surface area (Å²) < 4.78 is 0. The average molecular weight is 343 g/mol. The highest BCUT2D eigenvalue weighted by molar-refractivity contribution is 5.75. The van der Waals surface area contributed by atoms with Crippen LogP contribution in [-0.4, -0.2) is 52.6 Å². The van der Waals surface area contributed by atoms with E-state index in [0.29, 0.717) is 11.8 Å². The Morgan fingerprint density at radius 3 is 2.40 bits per heavy atom. The van der Waals surface area contributed by atoms with E-state index in [-0.39, 0.29) is 11.6 Å². The highest BCUT2D eigenvalue weighted by atomic mass is 16.2. The Bertz CT molecular complexity index is 682. The van der Waals surface area contributed by atoms with Crippen LogP contribution in [0.25, 0.3) is 0 Å². The maximum absolute atomic E-state index is 12.4. The lowest BCUT2D eigenvalue weighted by molar-refractivity contribution is 0.196. The number of urea groups is 1. The summed E-state index contributed by atoms with van der Waals surface area (Å²) in [5, 5.41) is 3.09. The molecule has 0 spiro atoms. The van der Waals surface area contributed by atoms with Crippen molar-refractivity contribution < 1.29 is 4.79 Å². The SMILES string of the molecule is Cc1nc2c(c(N3CC4CN(C(=O)NC(C)(C)C)CC4C3)n1)CCC2. The number of hydrogen-bond acceptors (Lipinski definition) is 4. The first-order chi connectivity index (χ1) is 11.8. The highest BCUT2D eigenvalue weighted by Gasteiger charge is 2.43. The van der Waals surface area contributed by atoms with E-state index in [4.69, 9.17) is 4.98 Å². The molecule has 0 aromatic carbocycles. The molecule has 1 aliphatic carbocycles. The third-order valence-electron chi connectivity index (χ3n) is 5.58. The van der Waals surface area contributed by atoms with Crippen molar-refractivity contribution in [2.75, 3.05) is 31.1 Å². The zero-order valence-corrected chi connectivity index (χ0v) is 15.8. The van der Waals surface area contributed by atoms with Crippen LogP contribution in [0.2, 0.25) is 0 Å². The first-order valence-corrected chi connectivity index (χ1v) is 9.48. The Morgan fingerprint density at radius 2 is 1.76 bits per heavy atom. The molecule has 6 heteroatoms. The molecule has 2 amide bonds. The number of carbonyl (C=O) groups is 1. The second-order valence-electron chi connectivity index (χ2n) is 8.88. The molecule has 0 radical (unpaired) electrons. The molecule has 136 valence electrons. The van der Waals surface area contributed by atoms with Crippen LogP contribution in [0.5, 0.6) is 0 Å². The van der Waals surface area contributed by atoms with Gasteiger partial charge in [-0.25, -0.2) is 14.8 Å². The first kappa shape index (κ1) is 16.6. The van der Waals surface area contributed by atoms with Crippen LogP contribution in [0.15, 0.2) is 0 Å². The van der Waals surface area contributed by atoms with Crippen molar-refractivity contribution in [3.63, 3.8) is 0 Å². The molecule has 2 fully saturated rings. The number of nitrogens with zero attached hydrogens (tertiary/aromatic N) is 4. The summed E-state index contributed by atoms with van der Waals surface area (Å²) in [6.45, 7) is 11.8. The van der Waals surface area contributed by atoms with Gasteiger partial charge in [0.2, 0.25) is 0 Å². The zero-order chi connectivity index (χ0) is 17.8. The van der Waals surface area contributed by atoms with Crippen molar-refractivity contribution >= 4 is 11.8 Å². The summed E-state index contributed by atoms with van der Waals surface area (Å²) in [7, 11) is 0. The number of carbonyl (C=O) groups excluding carboxylic acids is 1. The third-order valence-corrected chi connectivity index (χ3v) is 5.58. The van der Waals surface area contributed by atoms with Crippen molar-refractivity contribution in [3.05, 3.63) is 17.1 Å². The maximum atomic E-state index is 12.4. The molecular weight excluding hydrogens is 314 g/mol. The van der Waals surface area contributed by atoms with Gasteiger partial charge in [0.25, 0.3) is 0 Å². The number of aromatic nitrogens is 2. The molecule has 3 aliphatic rings. The normalized spacial score (nSPS) is 25.3. The van der Waals surface area contributed by atoms with Crippen LogP contribution >= 0.6 is 0 Å². The van der Waals surface area contributed by atoms with Crippen molar-refractivity contribution in [1.82, 2.24) is 20.2 Å². The quantitative estimate of drug-likeness (QED) is 0.849. The van der Waals surface area contributed by atoms with Crippen LogP contribution in [0.4, 0.5) is 10.6 Å². The predicted octanol–water partition coefficient (Wildman–Crippen LogP) is 2.15. The number of likely N-dealkylation sites (tertiary alicyclic amines) is 1. The molecular formula is C19H29N5O. The summed E-state index contributed by atoms with van der Waals surface area (Å²) in [5.74, 6) is 3.16. The van der Waals surface area contributed by atoms with E-state index in [2.05, 4.69) is 15.2 Å². The fraction of sp³-hybridized carbons (Fsp3) is 0.737. The largest absolute Gasteiger partial charge is 0.356 e. The van der Waals surface area contributed by atoms with E-state index in [9.17, 15) is 4.79 Å². The van der Waals surface area contributed by atoms with Gasteiger partial charge in [-0.2, -0.15) is 0 Å². The molecule has 1 aromatic rings. The average Bonchev–Trinajstić information content (AvgIpc) is 3.17. The number of hydrogen-bond donors (Lipinski definition) is 1. The van der Waals surface area contributed by atoms with Crippen LogP contribution < -0.4 is 10.2 Å². The highest BCUT2D eigenvalue weighted by Crippen LogP contribution is 2.37. The van der Waals surface area contributed by atoms with Crippen LogP contribution in [0.3, 0.4) is 0 Å². The lowest BCUT2D eigenvalue weighted by Crippen LogP contribution is -2.48. The van der Waals surface area contributed by atoms with Gasteiger partial charge in [0.15, 0.2) is 0 Å². The number of aryl methyl sites for hydroxylation is 2. The molecule has 6 nitrogen and oxygen atoms in total. The molecule has 25 heavy (non-hydrogen) atoms. The molecule has 1 N–H and O–H groups in total. The number of nitrogens with one attached hydrogen (secondary N) is 1. The van der Waals surface area contributed by atoms with Gasteiger partial charge in [0, 0.05) is 54.8 Å². The standard InChI is InChI=1S/C19H29N5O/c1-12-20-16-7-5-6-15(16)17(21-12)23-8-13-10-24(11-14(13)9-23)18(25)22-19(2,3)4/h13-14H,5-11H2,1-4H3,(H,22,25). The minimum Gasteiger partial charge on any atom is -0.356 e. The fourth-order valence-corrected chi connectivity index (χ4v) is 4.53. The summed E-state index contributed by atoms with van der Waals surface area (Å²) in [6.07, 6.45) is 3.39. The van der Waals surface area contributed by atoms with Crippen molar-refractivity contribution in [2.45, 2.75) is 52.5 Å². The second-order valence-corrected chi connectivity index (χ2v) is 8.88. The van der Waals surface area contributed by atoms with E-state index in [1.165, 1.54) is 23.5 Å². The molecule has 2 unspecified atom stereocenters. The maximum Gasteiger partial charge on any atom is 0.317 e. The Balaban J connectivity index is 1.45. The van der Waals surface area contributed by atoms with Gasteiger partial charge in [0.05, 0.1) is 0 Å². The van der Waals surface area contributed by atoms with Crippen LogP contribution in [-0.2, 0) is 12.8 Å². The van der Waals surface area contributed by atoms with Gasteiger partial charge in [-0.1, -0.05) is 0 Å². The van der Waals surface area contributed by atoms with E-state index >= 15 is 0 Å². The third kappa shape index (κ3) is 3.18. The van der Waals surface area contributed by atoms with E-state index in [1.807, 2.05) is 32.6 Å². The predicted molar refractivity (Wildman–Crippen MR) is 97.8 cm³/mol. The topological polar surface area (TPSA) is 61.4 Å². The van der Waals surface area contributed by atoms with Gasteiger partial charge < -0.3 is 15.1 Å². The molecule has 4 rings (SSSR count). The Labute approximate surface area is 150 Å². The summed E-state index contributed by atoms with van der Waals surface area (Å²) in [4.78, 5) is 26.3. The molecule has 2 saturated heterocycles. The summed E-state index contributed by atoms with van der Waals surface area (Å²) >= 11 is 0. The lowest BCUT2D eigenvalue weighted by Gasteiger charge is -2.27. The molecule has 3 heterocycles. The summed E-state index contributed by atoms with van der Waals surface area (Å²) in [5.41, 5.74) is 2.44. The number of amides is 2. The molecule has 0 saturated carbocycles. The zero-order valence-electron chi connectivity index (χ0n) is 15.8.